The molecule has 2 fully saturated rings. The Morgan fingerprint density at radius 2 is 1.30 bits per heavy atom. The monoisotopic (exact) mass is 280 g/mol. The van der Waals surface area contributed by atoms with E-state index in [4.69, 9.17) is 18.9 Å². The highest BCUT2D eigenvalue weighted by Crippen LogP contribution is 2.45. The number of ether oxygens (including phenoxy) is 4. The van der Waals surface area contributed by atoms with Crippen LogP contribution in [0.2, 0.25) is 0 Å². The molecule has 0 aromatic rings. The molecule has 2 atom stereocenters. The Labute approximate surface area is 116 Å². The van der Waals surface area contributed by atoms with Crippen LogP contribution in [0, 0.1) is 11.8 Å². The van der Waals surface area contributed by atoms with Gasteiger partial charge in [0.05, 0.1) is 51.8 Å². The van der Waals surface area contributed by atoms with Crippen molar-refractivity contribution in [3.05, 3.63) is 22.3 Å². The SMILES string of the molecule is COC(=O)C1=C2COC[C@H]2[C@@H]2COCC2=C1C(=O)OC. The Balaban J connectivity index is 2.18. The van der Waals surface area contributed by atoms with Gasteiger partial charge in [0.1, 0.15) is 0 Å². The number of hydrogen-bond donors (Lipinski definition) is 0. The van der Waals surface area contributed by atoms with Crippen molar-refractivity contribution in [2.45, 2.75) is 0 Å². The Bertz CT molecular complexity index is 482. The summed E-state index contributed by atoms with van der Waals surface area (Å²) in [5, 5.41) is 0. The highest BCUT2D eigenvalue weighted by molar-refractivity contribution is 6.08. The van der Waals surface area contributed by atoms with Crippen molar-refractivity contribution < 1.29 is 28.5 Å². The molecule has 0 aromatic carbocycles. The van der Waals surface area contributed by atoms with Crippen LogP contribution in [-0.4, -0.2) is 52.6 Å². The average molecular weight is 280 g/mol. The van der Waals surface area contributed by atoms with Gasteiger partial charge in [0.25, 0.3) is 0 Å². The second kappa shape index (κ2) is 5.03. The van der Waals surface area contributed by atoms with E-state index >= 15 is 0 Å². The Kier molecular flexibility index (Phi) is 3.35. The first kappa shape index (κ1) is 13.3. The fourth-order valence-electron chi connectivity index (χ4n) is 3.23. The van der Waals surface area contributed by atoms with Gasteiger partial charge in [0.15, 0.2) is 0 Å². The lowest BCUT2D eigenvalue weighted by atomic mass is 9.74. The van der Waals surface area contributed by atoms with Crippen LogP contribution in [0.3, 0.4) is 0 Å². The van der Waals surface area contributed by atoms with Crippen LogP contribution in [0.5, 0.6) is 0 Å². The first-order valence-corrected chi connectivity index (χ1v) is 6.47. The summed E-state index contributed by atoms with van der Waals surface area (Å²) in [7, 11) is 2.61. The Morgan fingerprint density at radius 1 is 0.900 bits per heavy atom. The topological polar surface area (TPSA) is 71.1 Å². The second-order valence-corrected chi connectivity index (χ2v) is 5.03. The maximum atomic E-state index is 12.1. The molecular formula is C14H16O6. The van der Waals surface area contributed by atoms with E-state index < -0.39 is 11.9 Å². The van der Waals surface area contributed by atoms with Crippen molar-refractivity contribution in [2.24, 2.45) is 11.8 Å². The molecular weight excluding hydrogens is 264 g/mol. The van der Waals surface area contributed by atoms with Gasteiger partial charge in [-0.2, -0.15) is 0 Å². The number of esters is 2. The molecule has 0 unspecified atom stereocenters. The van der Waals surface area contributed by atoms with Gasteiger partial charge in [-0.25, -0.2) is 9.59 Å². The van der Waals surface area contributed by atoms with Gasteiger partial charge < -0.3 is 18.9 Å². The second-order valence-electron chi connectivity index (χ2n) is 5.03. The molecule has 3 rings (SSSR count). The van der Waals surface area contributed by atoms with Gasteiger partial charge >= 0.3 is 11.9 Å². The van der Waals surface area contributed by atoms with Crippen LogP contribution in [0.1, 0.15) is 0 Å². The van der Waals surface area contributed by atoms with E-state index in [2.05, 4.69) is 0 Å². The molecule has 3 aliphatic rings. The first-order valence-electron chi connectivity index (χ1n) is 6.47. The molecule has 0 saturated carbocycles. The zero-order valence-electron chi connectivity index (χ0n) is 11.4. The van der Waals surface area contributed by atoms with Crippen molar-refractivity contribution in [1.82, 2.24) is 0 Å². The molecule has 2 aliphatic heterocycles. The number of carbonyl (C=O) groups is 2. The Hall–Kier alpha value is -1.66. The average Bonchev–Trinajstić information content (AvgIpc) is 3.11. The molecule has 2 heterocycles. The predicted octanol–water partition coefficient (Wildman–Crippen LogP) is 0.232. The van der Waals surface area contributed by atoms with E-state index in [1.807, 2.05) is 0 Å². The highest BCUT2D eigenvalue weighted by atomic mass is 16.5. The molecule has 108 valence electrons. The summed E-state index contributed by atoms with van der Waals surface area (Å²) in [6, 6.07) is 0. The quantitative estimate of drug-likeness (QED) is 0.674. The van der Waals surface area contributed by atoms with Crippen LogP contribution in [0.4, 0.5) is 0 Å². The lowest BCUT2D eigenvalue weighted by Gasteiger charge is -2.28. The maximum absolute atomic E-state index is 12.1. The number of hydrogen-bond acceptors (Lipinski definition) is 6. The number of rotatable bonds is 2. The van der Waals surface area contributed by atoms with Crippen molar-refractivity contribution >= 4 is 11.9 Å². The molecule has 20 heavy (non-hydrogen) atoms. The number of carbonyl (C=O) groups excluding carboxylic acids is 2. The molecule has 2 saturated heterocycles. The molecule has 1 aliphatic carbocycles. The van der Waals surface area contributed by atoms with Gasteiger partial charge in [-0.05, 0) is 11.1 Å². The highest BCUT2D eigenvalue weighted by Gasteiger charge is 2.46. The molecule has 6 nitrogen and oxygen atoms in total. The third-order valence-electron chi connectivity index (χ3n) is 4.16. The van der Waals surface area contributed by atoms with Crippen molar-refractivity contribution in [3.8, 4) is 0 Å². The van der Waals surface area contributed by atoms with E-state index in [0.29, 0.717) is 37.6 Å². The lowest BCUT2D eigenvalue weighted by Crippen LogP contribution is -2.30. The standard InChI is InChI=1S/C14H16O6/c1-17-13(15)11-9-5-19-3-7(9)8-4-20-6-10(8)12(11)14(16)18-2/h7-8H,3-6H2,1-2H3/t7-,8-/m0/s1. The smallest absolute Gasteiger partial charge is 0.338 e. The molecule has 0 bridgehead atoms. The molecule has 0 amide bonds. The predicted molar refractivity (Wildman–Crippen MR) is 66.7 cm³/mol. The van der Waals surface area contributed by atoms with Gasteiger partial charge in [0, 0.05) is 11.8 Å². The summed E-state index contributed by atoms with van der Waals surface area (Å²) in [4.78, 5) is 24.2. The van der Waals surface area contributed by atoms with E-state index in [0.717, 1.165) is 11.1 Å². The fourth-order valence-corrected chi connectivity index (χ4v) is 3.23. The van der Waals surface area contributed by atoms with Gasteiger partial charge in [-0.15, -0.1) is 0 Å². The van der Waals surface area contributed by atoms with Crippen molar-refractivity contribution in [2.75, 3.05) is 40.6 Å². The van der Waals surface area contributed by atoms with E-state index in [9.17, 15) is 9.59 Å². The van der Waals surface area contributed by atoms with Crippen LogP contribution in [0.15, 0.2) is 22.3 Å². The summed E-state index contributed by atoms with van der Waals surface area (Å²) < 4.78 is 20.6. The van der Waals surface area contributed by atoms with E-state index in [1.54, 1.807) is 0 Å². The van der Waals surface area contributed by atoms with Gasteiger partial charge in [-0.3, -0.25) is 0 Å². The molecule has 0 N–H and O–H groups in total. The normalized spacial score (nSPS) is 28.3. The van der Waals surface area contributed by atoms with E-state index in [1.165, 1.54) is 14.2 Å². The Morgan fingerprint density at radius 3 is 1.65 bits per heavy atom. The van der Waals surface area contributed by atoms with Crippen LogP contribution in [0.25, 0.3) is 0 Å². The summed E-state index contributed by atoms with van der Waals surface area (Å²) in [6.07, 6.45) is 0. The number of methoxy groups -OCH3 is 2. The summed E-state index contributed by atoms with van der Waals surface area (Å²) in [5.41, 5.74) is 2.27. The van der Waals surface area contributed by atoms with Crippen molar-refractivity contribution in [3.63, 3.8) is 0 Å². The van der Waals surface area contributed by atoms with Crippen molar-refractivity contribution in [1.29, 1.82) is 0 Å². The van der Waals surface area contributed by atoms with Crippen LogP contribution >= 0.6 is 0 Å². The van der Waals surface area contributed by atoms with Gasteiger partial charge in [0.2, 0.25) is 0 Å². The van der Waals surface area contributed by atoms with E-state index in [-0.39, 0.29) is 11.8 Å². The zero-order chi connectivity index (χ0) is 14.3. The van der Waals surface area contributed by atoms with Crippen LogP contribution < -0.4 is 0 Å². The summed E-state index contributed by atoms with van der Waals surface area (Å²) in [6.45, 7) is 1.78. The van der Waals surface area contributed by atoms with Crippen LogP contribution in [-0.2, 0) is 28.5 Å². The largest absolute Gasteiger partial charge is 0.465 e. The molecule has 0 radical (unpaired) electrons. The fraction of sp³-hybridized carbons (Fsp3) is 0.571. The maximum Gasteiger partial charge on any atom is 0.338 e. The zero-order valence-corrected chi connectivity index (χ0v) is 11.4. The lowest BCUT2D eigenvalue weighted by molar-refractivity contribution is -0.139. The molecule has 0 spiro atoms. The summed E-state index contributed by atoms with van der Waals surface area (Å²) in [5.74, 6) is -0.854. The minimum atomic E-state index is -0.520. The first-order chi connectivity index (χ1) is 9.69. The van der Waals surface area contributed by atoms with Gasteiger partial charge in [-0.1, -0.05) is 0 Å². The molecule has 6 heteroatoms. The summed E-state index contributed by atoms with van der Waals surface area (Å²) >= 11 is 0. The third kappa shape index (κ3) is 1.79. The molecule has 0 aromatic heterocycles. The minimum absolute atomic E-state index is 0.0926. The minimum Gasteiger partial charge on any atom is -0.465 e. The number of fused-ring (bicyclic) bond motifs is 3. The third-order valence-corrected chi connectivity index (χ3v) is 4.16.